The van der Waals surface area contributed by atoms with Crippen molar-refractivity contribution in [3.05, 3.63) is 30.1 Å². The number of nitrogens with zero attached hydrogens (tertiary/aromatic N) is 2. The van der Waals surface area contributed by atoms with Gasteiger partial charge in [-0.25, -0.2) is 0 Å². The van der Waals surface area contributed by atoms with E-state index >= 15 is 0 Å². The van der Waals surface area contributed by atoms with E-state index in [1.54, 1.807) is 6.92 Å². The topological polar surface area (TPSA) is 80.0 Å². The Labute approximate surface area is 123 Å². The molecule has 6 nitrogen and oxygen atoms in total. The summed E-state index contributed by atoms with van der Waals surface area (Å²) in [4.78, 5) is 16.3. The molecule has 1 aromatic heterocycles. The lowest BCUT2D eigenvalue weighted by Gasteiger charge is -2.13. The summed E-state index contributed by atoms with van der Waals surface area (Å²) in [6.45, 7) is 6.59. The van der Waals surface area contributed by atoms with Gasteiger partial charge < -0.3 is 15.2 Å². The van der Waals surface area contributed by atoms with Crippen LogP contribution in [0.3, 0.4) is 0 Å². The van der Waals surface area contributed by atoms with Gasteiger partial charge in [-0.05, 0) is 32.5 Å². The largest absolute Gasteiger partial charge is 0.334 e. The van der Waals surface area contributed by atoms with Crippen molar-refractivity contribution in [3.8, 4) is 11.5 Å². The fraction of sp³-hybridized carbons (Fsp3) is 0.400. The lowest BCUT2D eigenvalue weighted by atomic mass is 10.1. The molecule has 0 bridgehead atoms. The Morgan fingerprint density at radius 1 is 1.38 bits per heavy atom. The second kappa shape index (κ2) is 6.99. The lowest BCUT2D eigenvalue weighted by molar-refractivity contribution is -0.116. The minimum atomic E-state index is -0.0489. The molecule has 1 heterocycles. The van der Waals surface area contributed by atoms with Gasteiger partial charge in [0.05, 0.1) is 11.3 Å². The van der Waals surface area contributed by atoms with Gasteiger partial charge >= 0.3 is 0 Å². The zero-order valence-corrected chi connectivity index (χ0v) is 12.5. The maximum Gasteiger partial charge on any atom is 0.260 e. The number of para-hydroxylation sites is 1. The van der Waals surface area contributed by atoms with E-state index in [0.717, 1.165) is 12.1 Å². The first-order chi connectivity index (χ1) is 10.1. The fourth-order valence-corrected chi connectivity index (χ4v) is 2.09. The average Bonchev–Trinajstić information content (AvgIpc) is 2.86. The van der Waals surface area contributed by atoms with E-state index in [1.807, 2.05) is 38.1 Å². The number of carbonyl (C=O) groups excluding carboxylic acids is 1. The molecule has 0 aliphatic heterocycles. The van der Waals surface area contributed by atoms with E-state index in [9.17, 15) is 4.79 Å². The third-order valence-electron chi connectivity index (χ3n) is 3.00. The number of benzene rings is 1. The van der Waals surface area contributed by atoms with Gasteiger partial charge in [0.25, 0.3) is 5.89 Å². The van der Waals surface area contributed by atoms with Gasteiger partial charge in [-0.3, -0.25) is 4.79 Å². The summed E-state index contributed by atoms with van der Waals surface area (Å²) in [6, 6.07) is 7.52. The standard InChI is InChI=1S/C15H20N4O2/c1-4-16-10(2)9-14(20)18-13-8-6-5-7-12(13)15-17-11(3)19-21-15/h5-8,10,16H,4,9H2,1-3H3,(H,18,20). The van der Waals surface area contributed by atoms with Gasteiger partial charge in [-0.15, -0.1) is 0 Å². The van der Waals surface area contributed by atoms with Crippen molar-refractivity contribution in [3.63, 3.8) is 0 Å². The minimum Gasteiger partial charge on any atom is -0.334 e. The Kier molecular flexibility index (Phi) is 5.05. The molecule has 21 heavy (non-hydrogen) atoms. The Morgan fingerprint density at radius 3 is 2.81 bits per heavy atom. The van der Waals surface area contributed by atoms with Gasteiger partial charge in [-0.2, -0.15) is 4.98 Å². The number of hydrogen-bond donors (Lipinski definition) is 2. The van der Waals surface area contributed by atoms with Crippen LogP contribution < -0.4 is 10.6 Å². The highest BCUT2D eigenvalue weighted by atomic mass is 16.5. The Hall–Kier alpha value is -2.21. The maximum absolute atomic E-state index is 12.1. The van der Waals surface area contributed by atoms with Crippen LogP contribution in [0.25, 0.3) is 11.5 Å². The fourth-order valence-electron chi connectivity index (χ4n) is 2.09. The molecule has 0 fully saturated rings. The van der Waals surface area contributed by atoms with Crippen LogP contribution in [0.5, 0.6) is 0 Å². The van der Waals surface area contributed by atoms with Crippen molar-refractivity contribution in [1.82, 2.24) is 15.5 Å². The highest BCUT2D eigenvalue weighted by Crippen LogP contribution is 2.26. The smallest absolute Gasteiger partial charge is 0.260 e. The molecular formula is C15H20N4O2. The van der Waals surface area contributed by atoms with Crippen molar-refractivity contribution < 1.29 is 9.32 Å². The van der Waals surface area contributed by atoms with E-state index < -0.39 is 0 Å². The number of hydrogen-bond acceptors (Lipinski definition) is 5. The van der Waals surface area contributed by atoms with Crippen molar-refractivity contribution in [2.75, 3.05) is 11.9 Å². The van der Waals surface area contributed by atoms with Crippen LogP contribution in [0, 0.1) is 6.92 Å². The molecule has 1 unspecified atom stereocenters. The molecule has 1 atom stereocenters. The monoisotopic (exact) mass is 288 g/mol. The zero-order chi connectivity index (χ0) is 15.2. The van der Waals surface area contributed by atoms with E-state index in [1.165, 1.54) is 0 Å². The SMILES string of the molecule is CCNC(C)CC(=O)Nc1ccccc1-c1nc(C)no1. The summed E-state index contributed by atoms with van der Waals surface area (Å²) in [5.74, 6) is 0.919. The summed E-state index contributed by atoms with van der Waals surface area (Å²) in [7, 11) is 0. The average molecular weight is 288 g/mol. The molecule has 112 valence electrons. The second-order valence-corrected chi connectivity index (χ2v) is 4.90. The molecule has 0 radical (unpaired) electrons. The molecule has 0 aliphatic carbocycles. The van der Waals surface area contributed by atoms with Crippen molar-refractivity contribution in [2.45, 2.75) is 33.2 Å². The van der Waals surface area contributed by atoms with Gasteiger partial charge in [0, 0.05) is 12.5 Å². The van der Waals surface area contributed by atoms with Crippen LogP contribution in [0.2, 0.25) is 0 Å². The minimum absolute atomic E-state index is 0.0489. The molecule has 2 rings (SSSR count). The molecule has 0 spiro atoms. The van der Waals surface area contributed by atoms with Gasteiger partial charge in [0.1, 0.15) is 0 Å². The highest BCUT2D eigenvalue weighted by Gasteiger charge is 2.14. The zero-order valence-electron chi connectivity index (χ0n) is 12.5. The number of carbonyl (C=O) groups is 1. The molecule has 2 aromatic rings. The van der Waals surface area contributed by atoms with Crippen molar-refractivity contribution in [1.29, 1.82) is 0 Å². The van der Waals surface area contributed by atoms with Crippen molar-refractivity contribution >= 4 is 11.6 Å². The van der Waals surface area contributed by atoms with E-state index in [0.29, 0.717) is 23.8 Å². The van der Waals surface area contributed by atoms with Crippen molar-refractivity contribution in [2.24, 2.45) is 0 Å². The summed E-state index contributed by atoms with van der Waals surface area (Å²) < 4.78 is 5.17. The van der Waals surface area contributed by atoms with Crippen LogP contribution in [-0.4, -0.2) is 28.6 Å². The van der Waals surface area contributed by atoms with Gasteiger partial charge in [0.2, 0.25) is 5.91 Å². The number of aryl methyl sites for hydroxylation is 1. The predicted molar refractivity (Wildman–Crippen MR) is 80.9 cm³/mol. The van der Waals surface area contributed by atoms with E-state index in [2.05, 4.69) is 20.8 Å². The number of anilines is 1. The Balaban J connectivity index is 2.12. The van der Waals surface area contributed by atoms with E-state index in [4.69, 9.17) is 4.52 Å². The summed E-state index contributed by atoms with van der Waals surface area (Å²) in [5, 5.41) is 9.89. The van der Waals surface area contributed by atoms with Crippen LogP contribution in [0.1, 0.15) is 26.1 Å². The predicted octanol–water partition coefficient (Wildman–Crippen LogP) is 2.37. The second-order valence-electron chi connectivity index (χ2n) is 4.90. The number of amides is 1. The molecule has 2 N–H and O–H groups in total. The Morgan fingerprint density at radius 2 is 2.14 bits per heavy atom. The summed E-state index contributed by atoms with van der Waals surface area (Å²) in [5.41, 5.74) is 1.40. The van der Waals surface area contributed by atoms with E-state index in [-0.39, 0.29) is 11.9 Å². The lowest BCUT2D eigenvalue weighted by Crippen LogP contribution is -2.30. The maximum atomic E-state index is 12.1. The first kappa shape index (κ1) is 15.2. The van der Waals surface area contributed by atoms with Crippen LogP contribution in [0.4, 0.5) is 5.69 Å². The van der Waals surface area contributed by atoms with Gasteiger partial charge in [-0.1, -0.05) is 24.2 Å². The third kappa shape index (κ3) is 4.13. The van der Waals surface area contributed by atoms with Crippen LogP contribution >= 0.6 is 0 Å². The number of rotatable bonds is 6. The molecular weight excluding hydrogens is 268 g/mol. The van der Waals surface area contributed by atoms with Crippen LogP contribution in [-0.2, 0) is 4.79 Å². The first-order valence-electron chi connectivity index (χ1n) is 7.03. The molecule has 6 heteroatoms. The molecule has 0 saturated heterocycles. The molecule has 1 aromatic carbocycles. The van der Waals surface area contributed by atoms with Gasteiger partial charge in [0.15, 0.2) is 5.82 Å². The summed E-state index contributed by atoms with van der Waals surface area (Å²) in [6.07, 6.45) is 0.408. The highest BCUT2D eigenvalue weighted by molar-refractivity contribution is 5.94. The molecule has 0 aliphatic rings. The van der Waals surface area contributed by atoms with Crippen LogP contribution in [0.15, 0.2) is 28.8 Å². The normalized spacial score (nSPS) is 12.1. The third-order valence-corrected chi connectivity index (χ3v) is 3.00. The summed E-state index contributed by atoms with van der Waals surface area (Å²) >= 11 is 0. The Bertz CT molecular complexity index is 609. The molecule has 1 amide bonds. The number of nitrogens with one attached hydrogen (secondary N) is 2. The first-order valence-corrected chi connectivity index (χ1v) is 7.03. The quantitative estimate of drug-likeness (QED) is 0.853. The number of aromatic nitrogens is 2. The molecule has 0 saturated carbocycles.